The fraction of sp³-hybridized carbons (Fsp3) is 0.824. The SMILES string of the molecule is CCCCCCCC(C)(CCCC)n1nc(I)c(C(F)F)c1Br. The lowest BCUT2D eigenvalue weighted by molar-refractivity contribution is 0.148. The van der Waals surface area contributed by atoms with Gasteiger partial charge in [-0.15, -0.1) is 0 Å². The maximum absolute atomic E-state index is 13.2. The summed E-state index contributed by atoms with van der Waals surface area (Å²) in [5, 5.41) is 4.45. The molecule has 0 aliphatic carbocycles. The van der Waals surface area contributed by atoms with Crippen LogP contribution >= 0.6 is 38.5 Å². The quantitative estimate of drug-likeness (QED) is 0.226. The van der Waals surface area contributed by atoms with Crippen LogP contribution in [0.1, 0.15) is 90.5 Å². The van der Waals surface area contributed by atoms with Crippen molar-refractivity contribution in [3.05, 3.63) is 13.9 Å². The summed E-state index contributed by atoms with van der Waals surface area (Å²) >= 11 is 5.29. The minimum absolute atomic E-state index is 0.0271. The first-order valence-corrected chi connectivity index (χ1v) is 10.5. The van der Waals surface area contributed by atoms with Gasteiger partial charge in [0.15, 0.2) is 0 Å². The molecule has 134 valence electrons. The minimum Gasteiger partial charge on any atom is -0.251 e. The highest BCUT2D eigenvalue weighted by Gasteiger charge is 2.32. The zero-order valence-corrected chi connectivity index (χ0v) is 18.1. The smallest absolute Gasteiger partial charge is 0.251 e. The number of nitrogens with zero attached hydrogens (tertiary/aromatic N) is 2. The predicted molar refractivity (Wildman–Crippen MR) is 104 cm³/mol. The van der Waals surface area contributed by atoms with Crippen molar-refractivity contribution in [2.75, 3.05) is 0 Å². The summed E-state index contributed by atoms with van der Waals surface area (Å²) in [4.78, 5) is 0. The zero-order chi connectivity index (χ0) is 17.5. The molecule has 0 aliphatic rings. The number of hydrogen-bond donors (Lipinski definition) is 0. The van der Waals surface area contributed by atoms with Gasteiger partial charge in [-0.1, -0.05) is 58.8 Å². The average Bonchev–Trinajstić information content (AvgIpc) is 2.80. The number of rotatable bonds is 11. The summed E-state index contributed by atoms with van der Waals surface area (Å²) in [7, 11) is 0. The first kappa shape index (κ1) is 21.3. The molecule has 0 saturated carbocycles. The Hall–Kier alpha value is 0.280. The summed E-state index contributed by atoms with van der Waals surface area (Å²) in [5.74, 6) is 0. The number of alkyl halides is 2. The molecule has 0 fully saturated rings. The van der Waals surface area contributed by atoms with Gasteiger partial charge in [-0.05, 0) is 58.3 Å². The Morgan fingerprint density at radius 1 is 1.09 bits per heavy atom. The summed E-state index contributed by atoms with van der Waals surface area (Å²) in [6, 6.07) is 0. The van der Waals surface area contributed by atoms with Crippen molar-refractivity contribution in [3.63, 3.8) is 0 Å². The van der Waals surface area contributed by atoms with Gasteiger partial charge in [0.05, 0.1) is 11.1 Å². The Bertz CT molecular complexity index is 479. The van der Waals surface area contributed by atoms with Crippen LogP contribution in [-0.2, 0) is 5.54 Å². The molecule has 1 aromatic rings. The van der Waals surface area contributed by atoms with Crippen molar-refractivity contribution in [1.82, 2.24) is 9.78 Å². The van der Waals surface area contributed by atoms with Crippen molar-refractivity contribution in [2.24, 2.45) is 0 Å². The molecular formula is C17H28BrF2IN2. The molecule has 6 heteroatoms. The minimum atomic E-state index is -2.50. The summed E-state index contributed by atoms with van der Waals surface area (Å²) < 4.78 is 29.2. The van der Waals surface area contributed by atoms with E-state index >= 15 is 0 Å². The van der Waals surface area contributed by atoms with Gasteiger partial charge in [0.1, 0.15) is 8.30 Å². The predicted octanol–water partition coefficient (Wildman–Crippen LogP) is 7.45. The van der Waals surface area contributed by atoms with Crippen LogP contribution in [0.3, 0.4) is 0 Å². The van der Waals surface area contributed by atoms with Crippen LogP contribution in [0.5, 0.6) is 0 Å². The highest BCUT2D eigenvalue weighted by molar-refractivity contribution is 14.1. The van der Waals surface area contributed by atoms with Crippen molar-refractivity contribution >= 4 is 38.5 Å². The fourth-order valence-corrected chi connectivity index (χ4v) is 4.87. The molecule has 1 atom stereocenters. The van der Waals surface area contributed by atoms with Crippen molar-refractivity contribution < 1.29 is 8.78 Å². The van der Waals surface area contributed by atoms with Crippen LogP contribution in [0.4, 0.5) is 8.78 Å². The molecule has 1 unspecified atom stereocenters. The largest absolute Gasteiger partial charge is 0.269 e. The van der Waals surface area contributed by atoms with Crippen molar-refractivity contribution in [3.8, 4) is 0 Å². The number of hydrogen-bond acceptors (Lipinski definition) is 1. The summed E-state index contributed by atoms with van der Waals surface area (Å²) in [6.07, 6.45) is 7.71. The molecule has 0 bridgehead atoms. The number of halogens is 4. The average molecular weight is 505 g/mol. The standard InChI is InChI=1S/C17H28BrF2IN2/c1-4-6-8-9-10-12-17(3,11-7-5-2)23-14(18)13(15(19)20)16(21)22-23/h15H,4-12H2,1-3H3. The second-order valence-corrected chi connectivity index (χ2v) is 8.25. The van der Waals surface area contributed by atoms with E-state index in [-0.39, 0.29) is 11.1 Å². The van der Waals surface area contributed by atoms with Gasteiger partial charge in [-0.3, -0.25) is 4.68 Å². The van der Waals surface area contributed by atoms with Crippen LogP contribution < -0.4 is 0 Å². The molecule has 0 aromatic carbocycles. The van der Waals surface area contributed by atoms with E-state index in [0.29, 0.717) is 8.30 Å². The molecule has 0 N–H and O–H groups in total. The third-order valence-electron chi connectivity index (χ3n) is 4.44. The van der Waals surface area contributed by atoms with Crippen molar-refractivity contribution in [1.29, 1.82) is 0 Å². The van der Waals surface area contributed by atoms with Crippen LogP contribution in [0.25, 0.3) is 0 Å². The topological polar surface area (TPSA) is 17.8 Å². The molecule has 1 heterocycles. The molecule has 1 aromatic heterocycles. The van der Waals surface area contributed by atoms with E-state index in [2.05, 4.69) is 41.8 Å². The lowest BCUT2D eigenvalue weighted by atomic mass is 9.88. The van der Waals surface area contributed by atoms with E-state index in [0.717, 1.165) is 32.1 Å². The first-order valence-electron chi connectivity index (χ1n) is 8.60. The number of unbranched alkanes of at least 4 members (excludes halogenated alkanes) is 5. The highest BCUT2D eigenvalue weighted by atomic mass is 127. The third-order valence-corrected chi connectivity index (χ3v) is 6.00. The second kappa shape index (κ2) is 10.3. The van der Waals surface area contributed by atoms with Gasteiger partial charge < -0.3 is 0 Å². The van der Waals surface area contributed by atoms with E-state index < -0.39 is 6.43 Å². The Kier molecular flexibility index (Phi) is 9.56. The molecule has 23 heavy (non-hydrogen) atoms. The Labute approximate surface area is 161 Å². The van der Waals surface area contributed by atoms with E-state index in [9.17, 15) is 8.78 Å². The van der Waals surface area contributed by atoms with Gasteiger partial charge in [-0.25, -0.2) is 8.78 Å². The number of aromatic nitrogens is 2. The van der Waals surface area contributed by atoms with Gasteiger partial charge >= 0.3 is 0 Å². The van der Waals surface area contributed by atoms with Crippen LogP contribution in [0, 0.1) is 3.70 Å². The molecular weight excluding hydrogens is 477 g/mol. The maximum atomic E-state index is 13.2. The second-order valence-electron chi connectivity index (χ2n) is 6.47. The Morgan fingerprint density at radius 3 is 2.17 bits per heavy atom. The highest BCUT2D eigenvalue weighted by Crippen LogP contribution is 2.38. The summed E-state index contributed by atoms with van der Waals surface area (Å²) in [6.45, 7) is 6.53. The molecule has 0 aliphatic heterocycles. The Morgan fingerprint density at radius 2 is 1.65 bits per heavy atom. The molecule has 0 saturated heterocycles. The maximum Gasteiger partial charge on any atom is 0.269 e. The van der Waals surface area contributed by atoms with Gasteiger partial charge in [0.2, 0.25) is 0 Å². The third kappa shape index (κ3) is 5.94. The lowest BCUT2D eigenvalue weighted by Crippen LogP contribution is -2.31. The van der Waals surface area contributed by atoms with Gasteiger partial charge in [0.25, 0.3) is 6.43 Å². The molecule has 1 rings (SSSR count). The van der Waals surface area contributed by atoms with Crippen LogP contribution in [0.2, 0.25) is 0 Å². The van der Waals surface area contributed by atoms with Crippen LogP contribution in [-0.4, -0.2) is 9.78 Å². The normalized spacial score (nSPS) is 14.4. The van der Waals surface area contributed by atoms with E-state index in [4.69, 9.17) is 0 Å². The monoisotopic (exact) mass is 504 g/mol. The van der Waals surface area contributed by atoms with Gasteiger partial charge in [0, 0.05) is 0 Å². The van der Waals surface area contributed by atoms with E-state index in [1.807, 2.05) is 27.3 Å². The van der Waals surface area contributed by atoms with E-state index in [1.165, 1.54) is 25.7 Å². The molecule has 0 spiro atoms. The molecule has 0 amide bonds. The van der Waals surface area contributed by atoms with Crippen LogP contribution in [0.15, 0.2) is 4.60 Å². The fourth-order valence-electron chi connectivity index (χ4n) is 2.93. The molecule has 0 radical (unpaired) electrons. The Balaban J connectivity index is 2.94. The lowest BCUT2D eigenvalue weighted by Gasteiger charge is -2.31. The first-order chi connectivity index (χ1) is 10.9. The summed E-state index contributed by atoms with van der Waals surface area (Å²) in [5.41, 5.74) is -0.173. The van der Waals surface area contributed by atoms with Gasteiger partial charge in [-0.2, -0.15) is 5.10 Å². The van der Waals surface area contributed by atoms with Crippen molar-refractivity contribution in [2.45, 2.75) is 90.5 Å². The molecule has 2 nitrogen and oxygen atoms in total. The zero-order valence-electron chi connectivity index (χ0n) is 14.3. The van der Waals surface area contributed by atoms with E-state index in [1.54, 1.807) is 0 Å².